The van der Waals surface area contributed by atoms with Crippen LogP contribution in [0.4, 0.5) is 5.69 Å². The van der Waals surface area contributed by atoms with Gasteiger partial charge in [0.2, 0.25) is 15.9 Å². The molecule has 130 valence electrons. The molecule has 7 heteroatoms. The maximum absolute atomic E-state index is 12.4. The molecule has 23 heavy (non-hydrogen) atoms. The molecule has 0 fully saturated rings. The number of carbonyl (C=O) groups is 1. The molecule has 1 aromatic carbocycles. The molecular formula is C16H27N3O3S. The monoisotopic (exact) mass is 341 g/mol. The summed E-state index contributed by atoms with van der Waals surface area (Å²) in [5.41, 5.74) is 0.505. The lowest BCUT2D eigenvalue weighted by Crippen LogP contribution is -2.49. The number of hydrogen-bond donors (Lipinski definition) is 1. The van der Waals surface area contributed by atoms with Gasteiger partial charge in [-0.3, -0.25) is 9.10 Å². The van der Waals surface area contributed by atoms with Crippen molar-refractivity contribution in [1.82, 2.24) is 10.2 Å². The third-order valence-electron chi connectivity index (χ3n) is 3.42. The van der Waals surface area contributed by atoms with Crippen molar-refractivity contribution < 1.29 is 13.2 Å². The van der Waals surface area contributed by atoms with Crippen molar-refractivity contribution in [3.05, 3.63) is 30.3 Å². The van der Waals surface area contributed by atoms with Crippen molar-refractivity contribution in [2.45, 2.75) is 25.8 Å². The highest BCUT2D eigenvalue weighted by molar-refractivity contribution is 7.92. The average Bonchev–Trinajstić information content (AvgIpc) is 2.48. The molecule has 1 N–H and O–H groups in total. The Labute approximate surface area is 139 Å². The molecule has 0 bridgehead atoms. The fraction of sp³-hybridized carbons (Fsp3) is 0.562. The summed E-state index contributed by atoms with van der Waals surface area (Å²) >= 11 is 0. The van der Waals surface area contributed by atoms with Crippen LogP contribution in [0.3, 0.4) is 0 Å². The van der Waals surface area contributed by atoms with Gasteiger partial charge in [0.1, 0.15) is 6.04 Å². The first kappa shape index (κ1) is 19.4. The lowest BCUT2D eigenvalue weighted by atomic mass is 10.2. The van der Waals surface area contributed by atoms with Gasteiger partial charge >= 0.3 is 0 Å². The zero-order valence-electron chi connectivity index (χ0n) is 14.3. The number of carbonyl (C=O) groups excluding carboxylic acids is 1. The minimum absolute atomic E-state index is 0.263. The minimum atomic E-state index is -3.55. The number of amides is 1. The highest BCUT2D eigenvalue weighted by atomic mass is 32.2. The van der Waals surface area contributed by atoms with Crippen molar-refractivity contribution in [2.24, 2.45) is 0 Å². The van der Waals surface area contributed by atoms with Gasteiger partial charge in [-0.05, 0) is 45.6 Å². The number of benzene rings is 1. The van der Waals surface area contributed by atoms with Gasteiger partial charge in [0, 0.05) is 6.54 Å². The predicted octanol–water partition coefficient (Wildman–Crippen LogP) is 1.30. The van der Waals surface area contributed by atoms with Crippen LogP contribution in [-0.2, 0) is 14.8 Å². The van der Waals surface area contributed by atoms with Gasteiger partial charge < -0.3 is 10.2 Å². The molecule has 0 aliphatic carbocycles. The Morgan fingerprint density at radius 3 is 2.30 bits per heavy atom. The molecule has 1 amide bonds. The smallest absolute Gasteiger partial charge is 0.243 e. The van der Waals surface area contributed by atoms with Gasteiger partial charge in [0.05, 0.1) is 11.9 Å². The van der Waals surface area contributed by atoms with Crippen molar-refractivity contribution in [3.8, 4) is 0 Å². The third-order valence-corrected chi connectivity index (χ3v) is 4.60. The lowest BCUT2D eigenvalue weighted by Gasteiger charge is -2.30. The standard InChI is InChI=1S/C16H27N3O3S/c1-5-15(16(20)17-12-9-13-18(2)3)19(23(4,21)22)14-10-7-6-8-11-14/h6-8,10-11,15H,5,9,12-13H2,1-4H3,(H,17,20). The van der Waals surface area contributed by atoms with E-state index in [0.29, 0.717) is 18.7 Å². The molecule has 1 unspecified atom stereocenters. The molecule has 1 rings (SSSR count). The second-order valence-corrected chi connectivity index (χ2v) is 7.63. The Balaban J connectivity index is 2.88. The van der Waals surface area contributed by atoms with E-state index >= 15 is 0 Å². The average molecular weight is 341 g/mol. The van der Waals surface area contributed by atoms with Crippen LogP contribution in [0.5, 0.6) is 0 Å². The lowest BCUT2D eigenvalue weighted by molar-refractivity contribution is -0.122. The minimum Gasteiger partial charge on any atom is -0.354 e. The van der Waals surface area contributed by atoms with Crippen LogP contribution >= 0.6 is 0 Å². The largest absolute Gasteiger partial charge is 0.354 e. The zero-order valence-corrected chi connectivity index (χ0v) is 15.1. The number of rotatable bonds is 9. The van der Waals surface area contributed by atoms with Crippen LogP contribution in [0.25, 0.3) is 0 Å². The van der Waals surface area contributed by atoms with Gasteiger partial charge in [-0.25, -0.2) is 8.42 Å². The molecule has 0 aliphatic heterocycles. The molecule has 1 atom stereocenters. The van der Waals surface area contributed by atoms with Crippen molar-refractivity contribution >= 4 is 21.6 Å². The summed E-state index contributed by atoms with van der Waals surface area (Å²) in [6.07, 6.45) is 2.35. The fourth-order valence-corrected chi connectivity index (χ4v) is 3.57. The van der Waals surface area contributed by atoms with Gasteiger partial charge in [-0.2, -0.15) is 0 Å². The number of nitrogens with zero attached hydrogens (tertiary/aromatic N) is 2. The van der Waals surface area contributed by atoms with Crippen LogP contribution < -0.4 is 9.62 Å². The van der Waals surface area contributed by atoms with Crippen molar-refractivity contribution in [1.29, 1.82) is 0 Å². The summed E-state index contributed by atoms with van der Waals surface area (Å²) in [7, 11) is 0.385. The normalized spacial score (nSPS) is 12.9. The van der Waals surface area contributed by atoms with Gasteiger partial charge in [-0.15, -0.1) is 0 Å². The fourth-order valence-electron chi connectivity index (χ4n) is 2.36. The van der Waals surface area contributed by atoms with Gasteiger partial charge in [0.25, 0.3) is 0 Å². The van der Waals surface area contributed by atoms with E-state index in [0.717, 1.165) is 19.2 Å². The van der Waals surface area contributed by atoms with E-state index < -0.39 is 16.1 Å². The molecule has 6 nitrogen and oxygen atoms in total. The molecule has 0 aromatic heterocycles. The maximum atomic E-state index is 12.4. The number of hydrogen-bond acceptors (Lipinski definition) is 4. The van der Waals surface area contributed by atoms with E-state index in [2.05, 4.69) is 5.32 Å². The number of sulfonamides is 1. The second kappa shape index (κ2) is 8.88. The van der Waals surface area contributed by atoms with Crippen LogP contribution in [0.2, 0.25) is 0 Å². The first-order chi connectivity index (χ1) is 10.8. The van der Waals surface area contributed by atoms with E-state index in [-0.39, 0.29) is 5.91 Å². The molecule has 0 aliphatic rings. The first-order valence-corrected chi connectivity index (χ1v) is 9.59. The summed E-state index contributed by atoms with van der Waals surface area (Å²) in [6, 6.07) is 7.98. The Kier molecular flexibility index (Phi) is 7.51. The van der Waals surface area contributed by atoms with E-state index in [1.165, 1.54) is 4.31 Å². The quantitative estimate of drug-likeness (QED) is 0.688. The first-order valence-electron chi connectivity index (χ1n) is 7.74. The Morgan fingerprint density at radius 2 is 1.83 bits per heavy atom. The van der Waals surface area contributed by atoms with E-state index in [4.69, 9.17) is 0 Å². The number of anilines is 1. The second-order valence-electron chi connectivity index (χ2n) is 5.77. The molecule has 0 radical (unpaired) electrons. The molecule has 0 spiro atoms. The molecular weight excluding hydrogens is 314 g/mol. The Hall–Kier alpha value is -1.60. The van der Waals surface area contributed by atoms with Crippen LogP contribution in [-0.4, -0.2) is 58.7 Å². The topological polar surface area (TPSA) is 69.7 Å². The SMILES string of the molecule is CCC(C(=O)NCCCN(C)C)N(c1ccccc1)S(C)(=O)=O. The van der Waals surface area contributed by atoms with E-state index in [9.17, 15) is 13.2 Å². The van der Waals surface area contributed by atoms with Crippen molar-refractivity contribution in [3.63, 3.8) is 0 Å². The summed E-state index contributed by atoms with van der Waals surface area (Å²) in [6.45, 7) is 3.20. The summed E-state index contributed by atoms with van der Waals surface area (Å²) < 4.78 is 25.6. The Bertz CT molecular complexity index is 588. The van der Waals surface area contributed by atoms with Crippen LogP contribution in [0.1, 0.15) is 19.8 Å². The third kappa shape index (κ3) is 6.19. The van der Waals surface area contributed by atoms with Gasteiger partial charge in [-0.1, -0.05) is 25.1 Å². The maximum Gasteiger partial charge on any atom is 0.243 e. The summed E-state index contributed by atoms with van der Waals surface area (Å²) in [5, 5.41) is 2.84. The van der Waals surface area contributed by atoms with Crippen LogP contribution in [0.15, 0.2) is 30.3 Å². The molecule has 0 saturated heterocycles. The molecule has 0 saturated carbocycles. The highest BCUT2D eigenvalue weighted by Crippen LogP contribution is 2.21. The van der Waals surface area contributed by atoms with E-state index in [1.54, 1.807) is 24.3 Å². The summed E-state index contributed by atoms with van der Waals surface area (Å²) in [5.74, 6) is -0.263. The van der Waals surface area contributed by atoms with Crippen molar-refractivity contribution in [2.75, 3.05) is 37.7 Å². The highest BCUT2D eigenvalue weighted by Gasteiger charge is 2.30. The number of para-hydroxylation sites is 1. The molecule has 1 aromatic rings. The number of nitrogens with one attached hydrogen (secondary N) is 1. The summed E-state index contributed by atoms with van der Waals surface area (Å²) in [4.78, 5) is 14.5. The predicted molar refractivity (Wildman–Crippen MR) is 94.0 cm³/mol. The molecule has 0 heterocycles. The van der Waals surface area contributed by atoms with Gasteiger partial charge in [0.15, 0.2) is 0 Å². The van der Waals surface area contributed by atoms with E-state index in [1.807, 2.05) is 32.0 Å². The zero-order chi connectivity index (χ0) is 17.5. The van der Waals surface area contributed by atoms with Crippen LogP contribution in [0, 0.1) is 0 Å². The Morgan fingerprint density at radius 1 is 1.22 bits per heavy atom.